The highest BCUT2D eigenvalue weighted by Crippen LogP contribution is 2.40. The Balaban J connectivity index is 1.56. The molecule has 0 fully saturated rings. The van der Waals surface area contributed by atoms with Gasteiger partial charge in [0.05, 0.1) is 17.7 Å². The molecule has 2 N–H and O–H groups in total. The number of esters is 1. The Kier molecular flexibility index (Phi) is 7.43. The second kappa shape index (κ2) is 10.7. The van der Waals surface area contributed by atoms with Gasteiger partial charge in [-0.05, 0) is 73.6 Å². The van der Waals surface area contributed by atoms with Crippen LogP contribution in [0.25, 0.3) is 0 Å². The molecule has 0 spiro atoms. The Labute approximate surface area is 203 Å². The van der Waals surface area contributed by atoms with E-state index in [2.05, 4.69) is 17.6 Å². The van der Waals surface area contributed by atoms with Gasteiger partial charge in [-0.15, -0.1) is 11.3 Å². The van der Waals surface area contributed by atoms with Crippen LogP contribution in [0.15, 0.2) is 54.6 Å². The monoisotopic (exact) mass is 476 g/mol. The second-order valence-corrected chi connectivity index (χ2v) is 9.65. The van der Waals surface area contributed by atoms with E-state index >= 15 is 0 Å². The Bertz CT molecular complexity index is 1190. The number of hydrogen-bond donors (Lipinski definition) is 2. The number of thiophene rings is 1. The topological polar surface area (TPSA) is 84.5 Å². The van der Waals surface area contributed by atoms with Crippen LogP contribution in [-0.2, 0) is 17.6 Å². The van der Waals surface area contributed by atoms with Crippen molar-refractivity contribution in [2.24, 2.45) is 5.92 Å². The van der Waals surface area contributed by atoms with Gasteiger partial charge < -0.3 is 15.4 Å². The average Bonchev–Trinajstić information content (AvgIpc) is 3.20. The molecule has 1 aliphatic carbocycles. The molecule has 176 valence electrons. The van der Waals surface area contributed by atoms with Crippen molar-refractivity contribution in [1.29, 1.82) is 0 Å². The number of benzene rings is 2. The van der Waals surface area contributed by atoms with E-state index in [1.165, 1.54) is 11.3 Å². The van der Waals surface area contributed by atoms with Gasteiger partial charge in [-0.1, -0.05) is 32.0 Å². The molecule has 7 heteroatoms. The van der Waals surface area contributed by atoms with E-state index in [4.69, 9.17) is 4.74 Å². The van der Waals surface area contributed by atoms with Gasteiger partial charge in [0.25, 0.3) is 11.8 Å². The molecule has 6 nitrogen and oxygen atoms in total. The van der Waals surface area contributed by atoms with Crippen molar-refractivity contribution in [2.45, 2.75) is 39.5 Å². The number of nitrogens with one attached hydrogen (secondary N) is 2. The van der Waals surface area contributed by atoms with Crippen molar-refractivity contribution in [1.82, 2.24) is 0 Å². The average molecular weight is 477 g/mol. The van der Waals surface area contributed by atoms with Crippen LogP contribution in [0.2, 0.25) is 0 Å². The van der Waals surface area contributed by atoms with Crippen LogP contribution >= 0.6 is 11.3 Å². The number of carbonyl (C=O) groups excluding carboxylic acids is 3. The van der Waals surface area contributed by atoms with Gasteiger partial charge >= 0.3 is 5.97 Å². The van der Waals surface area contributed by atoms with Gasteiger partial charge in [0.2, 0.25) is 0 Å². The lowest BCUT2D eigenvalue weighted by Gasteiger charge is -2.18. The number of anilines is 2. The molecule has 1 aromatic heterocycles. The molecule has 0 radical (unpaired) electrons. The number of carbonyl (C=O) groups is 3. The maximum absolute atomic E-state index is 13.4. The van der Waals surface area contributed by atoms with Crippen LogP contribution in [0.5, 0.6) is 0 Å². The van der Waals surface area contributed by atoms with Crippen molar-refractivity contribution in [3.05, 3.63) is 81.7 Å². The molecule has 1 heterocycles. The van der Waals surface area contributed by atoms with Gasteiger partial charge in [-0.3, -0.25) is 9.59 Å². The summed E-state index contributed by atoms with van der Waals surface area (Å²) in [7, 11) is 0. The van der Waals surface area contributed by atoms with Crippen LogP contribution in [0.4, 0.5) is 10.7 Å². The molecule has 4 rings (SSSR count). The molecule has 0 bridgehead atoms. The molecule has 2 amide bonds. The summed E-state index contributed by atoms with van der Waals surface area (Å²) in [4.78, 5) is 39.4. The molecule has 34 heavy (non-hydrogen) atoms. The standard InChI is InChI=1S/C27H28N2O4S/c1-3-15-33-27(32)19-10-12-20(13-11-19)28-25(31)23-21-14-9-17(2)16-22(21)34-26(23)29-24(30)18-7-5-4-6-8-18/h4-8,10-13,17H,3,9,14-16H2,1-2H3,(H,28,31)(H,29,30). The van der Waals surface area contributed by atoms with Gasteiger partial charge in [0, 0.05) is 16.1 Å². The zero-order valence-electron chi connectivity index (χ0n) is 19.4. The Morgan fingerprint density at radius 2 is 1.71 bits per heavy atom. The minimum atomic E-state index is -0.383. The zero-order valence-corrected chi connectivity index (χ0v) is 20.2. The summed E-state index contributed by atoms with van der Waals surface area (Å²) in [6, 6.07) is 15.6. The predicted molar refractivity (Wildman–Crippen MR) is 135 cm³/mol. The van der Waals surface area contributed by atoms with Crippen molar-refractivity contribution < 1.29 is 19.1 Å². The molecule has 1 atom stereocenters. The quantitative estimate of drug-likeness (QED) is 0.413. The smallest absolute Gasteiger partial charge is 0.338 e. The fourth-order valence-corrected chi connectivity index (χ4v) is 5.41. The van der Waals surface area contributed by atoms with Crippen LogP contribution in [0.3, 0.4) is 0 Å². The number of ether oxygens (including phenoxy) is 1. The Hall–Kier alpha value is -3.45. The molecule has 0 saturated carbocycles. The van der Waals surface area contributed by atoms with E-state index in [0.717, 1.165) is 36.1 Å². The third kappa shape index (κ3) is 5.37. The predicted octanol–water partition coefficient (Wildman–Crippen LogP) is 5.94. The first-order valence-corrected chi connectivity index (χ1v) is 12.4. The minimum absolute atomic E-state index is 0.240. The van der Waals surface area contributed by atoms with Crippen LogP contribution in [0, 0.1) is 5.92 Å². The lowest BCUT2D eigenvalue weighted by atomic mass is 9.88. The summed E-state index contributed by atoms with van der Waals surface area (Å²) >= 11 is 1.49. The maximum atomic E-state index is 13.4. The first-order valence-electron chi connectivity index (χ1n) is 11.6. The third-order valence-electron chi connectivity index (χ3n) is 5.82. The summed E-state index contributed by atoms with van der Waals surface area (Å²) in [5.41, 5.74) is 3.09. The van der Waals surface area contributed by atoms with Gasteiger partial charge in [-0.2, -0.15) is 0 Å². The molecular formula is C27H28N2O4S. The first kappa shape index (κ1) is 23.7. The van der Waals surface area contributed by atoms with Crippen molar-refractivity contribution >= 4 is 39.8 Å². The molecule has 1 aliphatic rings. The SMILES string of the molecule is CCCOC(=O)c1ccc(NC(=O)c2c(NC(=O)c3ccccc3)sc3c2CCC(C)C3)cc1. The summed E-state index contributed by atoms with van der Waals surface area (Å²) in [6.07, 6.45) is 3.46. The van der Waals surface area contributed by atoms with Gasteiger partial charge in [-0.25, -0.2) is 4.79 Å². The first-order chi connectivity index (χ1) is 16.5. The molecule has 0 aliphatic heterocycles. The van der Waals surface area contributed by atoms with E-state index in [1.807, 2.05) is 25.1 Å². The second-order valence-electron chi connectivity index (χ2n) is 8.54. The number of amides is 2. The summed E-state index contributed by atoms with van der Waals surface area (Å²) in [6.45, 7) is 4.51. The van der Waals surface area contributed by atoms with Crippen LogP contribution in [0.1, 0.15) is 68.2 Å². The number of fused-ring (bicyclic) bond motifs is 1. The lowest BCUT2D eigenvalue weighted by molar-refractivity contribution is 0.0505. The Morgan fingerprint density at radius 1 is 0.971 bits per heavy atom. The zero-order chi connectivity index (χ0) is 24.1. The van der Waals surface area contributed by atoms with Gasteiger partial charge in [0.1, 0.15) is 5.00 Å². The highest BCUT2D eigenvalue weighted by molar-refractivity contribution is 7.17. The van der Waals surface area contributed by atoms with E-state index in [9.17, 15) is 14.4 Å². The van der Waals surface area contributed by atoms with E-state index < -0.39 is 0 Å². The highest BCUT2D eigenvalue weighted by atomic mass is 32.1. The summed E-state index contributed by atoms with van der Waals surface area (Å²) in [5, 5.41) is 6.47. The molecule has 1 unspecified atom stereocenters. The number of rotatable bonds is 7. The molecule has 2 aromatic carbocycles. The fourth-order valence-electron chi connectivity index (χ4n) is 4.01. The largest absolute Gasteiger partial charge is 0.462 e. The number of hydrogen-bond acceptors (Lipinski definition) is 5. The van der Waals surface area contributed by atoms with Crippen molar-refractivity contribution in [3.63, 3.8) is 0 Å². The third-order valence-corrected chi connectivity index (χ3v) is 6.99. The van der Waals surface area contributed by atoms with Crippen LogP contribution < -0.4 is 10.6 Å². The molecule has 0 saturated heterocycles. The van der Waals surface area contributed by atoms with E-state index in [1.54, 1.807) is 36.4 Å². The normalized spacial score (nSPS) is 14.7. The lowest BCUT2D eigenvalue weighted by Crippen LogP contribution is -2.19. The van der Waals surface area contributed by atoms with E-state index in [0.29, 0.717) is 39.9 Å². The summed E-state index contributed by atoms with van der Waals surface area (Å²) < 4.78 is 5.15. The highest BCUT2D eigenvalue weighted by Gasteiger charge is 2.28. The minimum Gasteiger partial charge on any atom is -0.462 e. The van der Waals surface area contributed by atoms with Crippen molar-refractivity contribution in [2.75, 3.05) is 17.2 Å². The van der Waals surface area contributed by atoms with E-state index in [-0.39, 0.29) is 17.8 Å². The molecular weight excluding hydrogens is 448 g/mol. The maximum Gasteiger partial charge on any atom is 0.338 e. The summed E-state index contributed by atoms with van der Waals surface area (Å²) in [5.74, 6) is -0.348. The van der Waals surface area contributed by atoms with Gasteiger partial charge in [0.15, 0.2) is 0 Å². The van der Waals surface area contributed by atoms with Crippen molar-refractivity contribution in [3.8, 4) is 0 Å². The van der Waals surface area contributed by atoms with Crippen LogP contribution in [-0.4, -0.2) is 24.4 Å². The Morgan fingerprint density at radius 3 is 2.41 bits per heavy atom. The fraction of sp³-hybridized carbons (Fsp3) is 0.296. The molecule has 3 aromatic rings.